The number of anilines is 2. The summed E-state index contributed by atoms with van der Waals surface area (Å²) >= 11 is 9.82. The van der Waals surface area contributed by atoms with Gasteiger partial charge in [0.15, 0.2) is 0 Å². The molecule has 0 aliphatic heterocycles. The number of benzene rings is 2. The van der Waals surface area contributed by atoms with Crippen LogP contribution < -0.4 is 16.7 Å². The number of hydrogen-bond acceptors (Lipinski definition) is 6. The van der Waals surface area contributed by atoms with Crippen molar-refractivity contribution >= 4 is 50.1 Å². The molecule has 12 heteroatoms. The van der Waals surface area contributed by atoms with Gasteiger partial charge in [-0.2, -0.15) is 10.1 Å². The van der Waals surface area contributed by atoms with Crippen LogP contribution in [-0.4, -0.2) is 28.9 Å². The van der Waals surface area contributed by atoms with Crippen LogP contribution in [0.4, 0.5) is 16.0 Å². The summed E-state index contributed by atoms with van der Waals surface area (Å²) in [6.45, 7) is 1.79. The summed E-state index contributed by atoms with van der Waals surface area (Å²) in [7, 11) is 1.79. The van der Waals surface area contributed by atoms with Gasteiger partial charge in [0.2, 0.25) is 5.95 Å². The third-order valence-corrected chi connectivity index (χ3v) is 6.54. The molecule has 2 aromatic carbocycles. The molecule has 0 unspecified atom stereocenters. The van der Waals surface area contributed by atoms with Gasteiger partial charge in [-0.1, -0.05) is 33.6 Å². The second-order valence-corrected chi connectivity index (χ2v) is 9.46. The van der Waals surface area contributed by atoms with E-state index in [1.807, 2.05) is 6.20 Å². The van der Waals surface area contributed by atoms with E-state index in [0.717, 1.165) is 15.5 Å². The zero-order valence-electron chi connectivity index (χ0n) is 19.0. The van der Waals surface area contributed by atoms with E-state index in [1.54, 1.807) is 49.1 Å². The molecule has 0 saturated heterocycles. The van der Waals surface area contributed by atoms with E-state index in [0.29, 0.717) is 26.3 Å². The van der Waals surface area contributed by atoms with Crippen molar-refractivity contribution in [2.45, 2.75) is 13.5 Å². The highest BCUT2D eigenvalue weighted by molar-refractivity contribution is 9.10. The molecule has 0 aliphatic carbocycles. The first-order valence-electron chi connectivity index (χ1n) is 10.7. The van der Waals surface area contributed by atoms with Crippen molar-refractivity contribution < 1.29 is 4.39 Å². The maximum Gasteiger partial charge on any atom is 0.359 e. The average molecular weight is 571 g/mol. The van der Waals surface area contributed by atoms with Crippen LogP contribution in [0.25, 0.3) is 16.6 Å². The molecule has 182 valence electrons. The van der Waals surface area contributed by atoms with E-state index < -0.39 is 17.2 Å². The molecule has 0 atom stereocenters. The highest BCUT2D eigenvalue weighted by atomic mass is 79.9. The largest absolute Gasteiger partial charge is 0.359 e. The first-order chi connectivity index (χ1) is 17.2. The Morgan fingerprint density at radius 2 is 1.94 bits per heavy atom. The van der Waals surface area contributed by atoms with Gasteiger partial charge in [0.1, 0.15) is 5.82 Å². The Morgan fingerprint density at radius 3 is 2.69 bits per heavy atom. The maximum atomic E-state index is 13.7. The van der Waals surface area contributed by atoms with Crippen molar-refractivity contribution in [3.8, 4) is 5.69 Å². The number of halogens is 3. The van der Waals surface area contributed by atoms with Crippen molar-refractivity contribution in [2.75, 3.05) is 5.32 Å². The van der Waals surface area contributed by atoms with Gasteiger partial charge in [-0.05, 0) is 48.4 Å². The Kier molecular flexibility index (Phi) is 6.19. The van der Waals surface area contributed by atoms with E-state index in [9.17, 15) is 14.0 Å². The molecule has 9 nitrogen and oxygen atoms in total. The van der Waals surface area contributed by atoms with Gasteiger partial charge in [-0.15, -0.1) is 0 Å². The van der Waals surface area contributed by atoms with Crippen LogP contribution in [0.15, 0.2) is 69.1 Å². The number of aryl methyl sites for hydroxylation is 2. The minimum absolute atomic E-state index is 0.0126. The van der Waals surface area contributed by atoms with E-state index in [4.69, 9.17) is 11.6 Å². The first-order valence-corrected chi connectivity index (χ1v) is 11.9. The Morgan fingerprint density at radius 1 is 1.14 bits per heavy atom. The molecule has 0 spiro atoms. The zero-order valence-corrected chi connectivity index (χ0v) is 21.4. The van der Waals surface area contributed by atoms with E-state index in [1.165, 1.54) is 22.9 Å². The van der Waals surface area contributed by atoms with Crippen LogP contribution in [0.5, 0.6) is 0 Å². The number of nitrogens with one attached hydrogen (secondary N) is 1. The molecular weight excluding hydrogens is 553 g/mol. The van der Waals surface area contributed by atoms with Crippen molar-refractivity contribution in [1.82, 2.24) is 28.9 Å². The van der Waals surface area contributed by atoms with Gasteiger partial charge in [-0.3, -0.25) is 14.2 Å². The van der Waals surface area contributed by atoms with Crippen LogP contribution in [0.3, 0.4) is 0 Å². The number of fused-ring (bicyclic) bond motifs is 1. The fourth-order valence-electron chi connectivity index (χ4n) is 3.82. The first kappa shape index (κ1) is 23.9. The predicted molar refractivity (Wildman–Crippen MR) is 139 cm³/mol. The van der Waals surface area contributed by atoms with Gasteiger partial charge in [0.05, 0.1) is 34.7 Å². The Labute approximate surface area is 216 Å². The number of hydrogen-bond donors (Lipinski definition) is 1. The molecule has 5 aromatic rings. The fraction of sp³-hybridized carbons (Fsp3) is 0.125. The highest BCUT2D eigenvalue weighted by Gasteiger charge is 2.18. The molecule has 0 radical (unpaired) electrons. The topological polar surface area (TPSA) is 99.6 Å². The molecule has 0 bridgehead atoms. The number of pyridine rings is 1. The molecule has 0 aliphatic rings. The molecule has 0 fully saturated rings. The molecule has 0 saturated carbocycles. The summed E-state index contributed by atoms with van der Waals surface area (Å²) in [6.07, 6.45) is 4.84. The zero-order chi connectivity index (χ0) is 25.6. The minimum atomic E-state index is -0.789. The van der Waals surface area contributed by atoms with E-state index >= 15 is 0 Å². The third-order valence-electron chi connectivity index (χ3n) is 5.49. The standard InChI is InChI=1S/C24H18BrClFN7O2/c1-13-5-17(10-28-9-13)34-23(35)30-22(29-21-6-15-11-32(2)31-20(15)8-19(21)26)33(24(34)36)12-14-3-4-16(27)7-18(14)25/h3-11H,12H2,1-2H3,(H,29,30,35). The van der Waals surface area contributed by atoms with Crippen LogP contribution in [0, 0.1) is 12.7 Å². The predicted octanol–water partition coefficient (Wildman–Crippen LogP) is 4.33. The summed E-state index contributed by atoms with van der Waals surface area (Å²) in [4.78, 5) is 35.0. The van der Waals surface area contributed by atoms with Gasteiger partial charge >= 0.3 is 11.4 Å². The van der Waals surface area contributed by atoms with Gasteiger partial charge in [0.25, 0.3) is 0 Å². The number of rotatable bonds is 5. The van der Waals surface area contributed by atoms with Crippen LogP contribution >= 0.6 is 27.5 Å². The average Bonchev–Trinajstić information content (AvgIpc) is 3.16. The summed E-state index contributed by atoms with van der Waals surface area (Å²) < 4.78 is 18.0. The summed E-state index contributed by atoms with van der Waals surface area (Å²) in [5.41, 5.74) is 1.34. The smallest absolute Gasteiger partial charge is 0.324 e. The van der Waals surface area contributed by atoms with E-state index in [-0.39, 0.29) is 18.2 Å². The van der Waals surface area contributed by atoms with Crippen molar-refractivity contribution in [2.24, 2.45) is 7.05 Å². The molecule has 0 amide bonds. The lowest BCUT2D eigenvalue weighted by atomic mass is 10.2. The number of nitrogens with zero attached hydrogens (tertiary/aromatic N) is 6. The van der Waals surface area contributed by atoms with Gasteiger partial charge < -0.3 is 5.32 Å². The van der Waals surface area contributed by atoms with Crippen LogP contribution in [0.2, 0.25) is 5.02 Å². The lowest BCUT2D eigenvalue weighted by Crippen LogP contribution is -2.41. The van der Waals surface area contributed by atoms with Crippen LogP contribution in [0.1, 0.15) is 11.1 Å². The SMILES string of the molecule is Cc1cncc(-n2c(=O)nc(Nc3cc4cn(C)nc4cc3Cl)n(Cc3ccc(F)cc3Br)c2=O)c1. The Hall–Kier alpha value is -3.83. The lowest BCUT2D eigenvalue weighted by molar-refractivity contribution is 0.622. The summed E-state index contributed by atoms with van der Waals surface area (Å²) in [5.74, 6) is -0.454. The summed E-state index contributed by atoms with van der Waals surface area (Å²) in [5, 5.41) is 8.50. The second-order valence-electron chi connectivity index (χ2n) is 8.20. The third kappa shape index (κ3) is 4.54. The van der Waals surface area contributed by atoms with Gasteiger partial charge in [-0.25, -0.2) is 18.5 Å². The quantitative estimate of drug-likeness (QED) is 0.338. The molecule has 3 heterocycles. The monoisotopic (exact) mass is 569 g/mol. The normalized spacial score (nSPS) is 11.2. The maximum absolute atomic E-state index is 13.7. The van der Waals surface area contributed by atoms with E-state index in [2.05, 4.69) is 36.3 Å². The minimum Gasteiger partial charge on any atom is -0.324 e. The van der Waals surface area contributed by atoms with Gasteiger partial charge in [0, 0.05) is 29.3 Å². The molecule has 36 heavy (non-hydrogen) atoms. The fourth-order valence-corrected chi connectivity index (χ4v) is 4.50. The Balaban J connectivity index is 1.69. The molecular formula is C24H18BrClFN7O2. The summed E-state index contributed by atoms with van der Waals surface area (Å²) in [6, 6.07) is 9.24. The van der Waals surface area contributed by atoms with Crippen molar-refractivity contribution in [3.05, 3.63) is 102 Å². The molecule has 5 rings (SSSR count). The molecule has 3 aromatic heterocycles. The van der Waals surface area contributed by atoms with Crippen molar-refractivity contribution in [1.29, 1.82) is 0 Å². The Bertz CT molecular complexity index is 1760. The molecule has 1 N–H and O–H groups in total. The number of aromatic nitrogens is 6. The van der Waals surface area contributed by atoms with Crippen LogP contribution in [-0.2, 0) is 13.6 Å². The van der Waals surface area contributed by atoms with Crippen molar-refractivity contribution in [3.63, 3.8) is 0 Å². The highest BCUT2D eigenvalue weighted by Crippen LogP contribution is 2.29. The lowest BCUT2D eigenvalue weighted by Gasteiger charge is -2.17. The second kappa shape index (κ2) is 9.32.